The molecular weight excluding hydrogens is 290 g/mol. The van der Waals surface area contributed by atoms with Gasteiger partial charge in [-0.2, -0.15) is 0 Å². The lowest BCUT2D eigenvalue weighted by atomic mass is 10.2. The van der Waals surface area contributed by atoms with Gasteiger partial charge in [-0.1, -0.05) is 30.3 Å². The molecule has 0 aliphatic carbocycles. The number of benzene rings is 1. The Morgan fingerprint density at radius 1 is 1.14 bits per heavy atom. The van der Waals surface area contributed by atoms with Crippen molar-refractivity contribution in [3.8, 4) is 0 Å². The van der Waals surface area contributed by atoms with Gasteiger partial charge in [0.05, 0.1) is 7.11 Å². The molecule has 0 unspecified atom stereocenters. The van der Waals surface area contributed by atoms with Crippen LogP contribution in [0.25, 0.3) is 0 Å². The average molecular weight is 303 g/mol. The molecular formula is C15H13NO6. The molecule has 0 spiro atoms. The molecule has 1 aromatic carbocycles. The molecule has 114 valence electrons. The van der Waals surface area contributed by atoms with Crippen molar-refractivity contribution >= 4 is 11.9 Å². The van der Waals surface area contributed by atoms with Crippen LogP contribution in [0, 0.1) is 0 Å². The molecule has 0 radical (unpaired) electrons. The molecule has 1 aromatic heterocycles. The molecule has 0 saturated heterocycles. The van der Waals surface area contributed by atoms with Crippen molar-refractivity contribution in [1.29, 1.82) is 0 Å². The summed E-state index contributed by atoms with van der Waals surface area (Å²) in [5.41, 5.74) is -0.828. The van der Waals surface area contributed by atoms with Crippen LogP contribution in [0.3, 0.4) is 0 Å². The van der Waals surface area contributed by atoms with E-state index in [0.29, 0.717) is 4.73 Å². The molecule has 0 aliphatic heterocycles. The van der Waals surface area contributed by atoms with Crippen molar-refractivity contribution in [2.24, 2.45) is 0 Å². The fourth-order valence-electron chi connectivity index (χ4n) is 1.79. The van der Waals surface area contributed by atoms with Crippen LogP contribution in [0.1, 0.15) is 26.4 Å². The number of rotatable bonds is 5. The molecule has 22 heavy (non-hydrogen) atoms. The highest BCUT2D eigenvalue weighted by Crippen LogP contribution is 2.03. The topological polar surface area (TPSA) is 94.8 Å². The van der Waals surface area contributed by atoms with Crippen molar-refractivity contribution in [2.75, 3.05) is 7.11 Å². The van der Waals surface area contributed by atoms with Crippen LogP contribution >= 0.6 is 0 Å². The highest BCUT2D eigenvalue weighted by molar-refractivity contribution is 5.91. The standard InChI is InChI=1S/C15H13NO6/c1-21-15(20)11-7-8-12(14(18)19)16(13(11)17)22-9-10-5-3-2-4-6-10/h2-8H,9H2,1H3,(H,18,19). The Morgan fingerprint density at radius 3 is 2.41 bits per heavy atom. The van der Waals surface area contributed by atoms with Gasteiger partial charge in [-0.05, 0) is 17.7 Å². The third-order valence-electron chi connectivity index (χ3n) is 2.87. The van der Waals surface area contributed by atoms with Crippen LogP contribution in [-0.4, -0.2) is 28.9 Å². The minimum Gasteiger partial charge on any atom is -0.476 e. The predicted octanol–water partition coefficient (Wildman–Crippen LogP) is 0.962. The molecule has 2 aromatic rings. The van der Waals surface area contributed by atoms with Crippen LogP contribution < -0.4 is 10.4 Å². The van der Waals surface area contributed by atoms with E-state index in [4.69, 9.17) is 9.94 Å². The number of aromatic carboxylic acids is 1. The van der Waals surface area contributed by atoms with Gasteiger partial charge in [0.1, 0.15) is 12.2 Å². The van der Waals surface area contributed by atoms with Crippen molar-refractivity contribution in [1.82, 2.24) is 4.73 Å². The number of ether oxygens (including phenoxy) is 1. The summed E-state index contributed by atoms with van der Waals surface area (Å²) in [4.78, 5) is 40.1. The zero-order valence-electron chi connectivity index (χ0n) is 11.7. The lowest BCUT2D eigenvalue weighted by Crippen LogP contribution is -2.35. The van der Waals surface area contributed by atoms with Gasteiger partial charge in [-0.3, -0.25) is 4.79 Å². The summed E-state index contributed by atoms with van der Waals surface area (Å²) in [5, 5.41) is 9.12. The largest absolute Gasteiger partial charge is 0.476 e. The van der Waals surface area contributed by atoms with Gasteiger partial charge in [0, 0.05) is 0 Å². The number of hydrogen-bond acceptors (Lipinski definition) is 5. The minimum absolute atomic E-state index is 0.0222. The van der Waals surface area contributed by atoms with E-state index in [0.717, 1.165) is 24.8 Å². The maximum absolute atomic E-state index is 12.2. The van der Waals surface area contributed by atoms with E-state index in [1.165, 1.54) is 0 Å². The summed E-state index contributed by atoms with van der Waals surface area (Å²) in [5.74, 6) is -2.21. The molecule has 0 fully saturated rings. The lowest BCUT2D eigenvalue weighted by molar-refractivity contribution is 0.0500. The van der Waals surface area contributed by atoms with Gasteiger partial charge in [-0.25, -0.2) is 9.59 Å². The monoisotopic (exact) mass is 303 g/mol. The molecule has 0 aliphatic rings. The van der Waals surface area contributed by atoms with Gasteiger partial charge in [0.15, 0.2) is 5.69 Å². The maximum atomic E-state index is 12.2. The number of hydrogen-bond donors (Lipinski definition) is 1. The van der Waals surface area contributed by atoms with Crippen LogP contribution in [0.5, 0.6) is 0 Å². The normalized spacial score (nSPS) is 10.0. The first-order valence-electron chi connectivity index (χ1n) is 6.29. The van der Waals surface area contributed by atoms with Crippen LogP contribution in [0.4, 0.5) is 0 Å². The number of carboxylic acid groups (broad SMARTS) is 1. The fraction of sp³-hybridized carbons (Fsp3) is 0.133. The number of carboxylic acids is 1. The van der Waals surface area contributed by atoms with Crippen molar-refractivity contribution in [2.45, 2.75) is 6.61 Å². The second-order valence-electron chi connectivity index (χ2n) is 4.29. The number of aromatic nitrogens is 1. The van der Waals surface area contributed by atoms with Gasteiger partial charge in [0.25, 0.3) is 5.56 Å². The summed E-state index contributed by atoms with van der Waals surface area (Å²) < 4.78 is 5.06. The molecule has 7 nitrogen and oxygen atoms in total. The van der Waals surface area contributed by atoms with Crippen LogP contribution in [0.15, 0.2) is 47.3 Å². The first-order chi connectivity index (χ1) is 10.5. The van der Waals surface area contributed by atoms with Crippen molar-refractivity contribution < 1.29 is 24.3 Å². The Bertz CT molecular complexity index is 750. The first-order valence-corrected chi connectivity index (χ1v) is 6.29. The highest BCUT2D eigenvalue weighted by atomic mass is 16.7. The summed E-state index contributed by atoms with van der Waals surface area (Å²) in [7, 11) is 1.13. The number of esters is 1. The summed E-state index contributed by atoms with van der Waals surface area (Å²) in [6, 6.07) is 11.1. The van der Waals surface area contributed by atoms with Gasteiger partial charge in [0.2, 0.25) is 0 Å². The first kappa shape index (κ1) is 15.3. The van der Waals surface area contributed by atoms with E-state index in [9.17, 15) is 14.4 Å². The molecule has 1 heterocycles. The van der Waals surface area contributed by atoms with Crippen molar-refractivity contribution in [3.63, 3.8) is 0 Å². The zero-order valence-corrected chi connectivity index (χ0v) is 11.7. The minimum atomic E-state index is -1.35. The number of nitrogens with zero attached hydrogens (tertiary/aromatic N) is 1. The van der Waals surface area contributed by atoms with Gasteiger partial charge >= 0.3 is 11.9 Å². The van der Waals surface area contributed by atoms with E-state index in [1.54, 1.807) is 24.3 Å². The van der Waals surface area contributed by atoms with Gasteiger partial charge in [-0.15, -0.1) is 4.73 Å². The van der Waals surface area contributed by atoms with E-state index in [1.807, 2.05) is 6.07 Å². The Labute approximate surface area is 125 Å². The van der Waals surface area contributed by atoms with E-state index in [-0.39, 0.29) is 17.9 Å². The number of carbonyl (C=O) groups is 2. The van der Waals surface area contributed by atoms with Gasteiger partial charge < -0.3 is 14.7 Å². The average Bonchev–Trinajstić information content (AvgIpc) is 2.53. The lowest BCUT2D eigenvalue weighted by Gasteiger charge is -2.12. The SMILES string of the molecule is COC(=O)c1ccc(C(=O)O)n(OCc2ccccc2)c1=O. The quantitative estimate of drug-likeness (QED) is 0.827. The van der Waals surface area contributed by atoms with E-state index < -0.39 is 17.5 Å². The molecule has 0 saturated carbocycles. The van der Waals surface area contributed by atoms with Crippen LogP contribution in [-0.2, 0) is 11.3 Å². The summed E-state index contributed by atoms with van der Waals surface area (Å²) in [6.45, 7) is -0.0222. The van der Waals surface area contributed by atoms with Crippen LogP contribution in [0.2, 0.25) is 0 Å². The number of pyridine rings is 1. The fourth-order valence-corrected chi connectivity index (χ4v) is 1.79. The third-order valence-corrected chi connectivity index (χ3v) is 2.87. The maximum Gasteiger partial charge on any atom is 0.356 e. The molecule has 0 amide bonds. The Morgan fingerprint density at radius 2 is 1.82 bits per heavy atom. The summed E-state index contributed by atoms with van der Waals surface area (Å²) in [6.07, 6.45) is 0. The smallest absolute Gasteiger partial charge is 0.356 e. The van der Waals surface area contributed by atoms with Crippen molar-refractivity contribution in [3.05, 3.63) is 69.6 Å². The van der Waals surface area contributed by atoms with E-state index >= 15 is 0 Å². The Hall–Kier alpha value is -3.09. The molecule has 0 atom stereocenters. The second kappa shape index (κ2) is 6.57. The molecule has 2 rings (SSSR count). The number of carbonyl (C=O) groups excluding carboxylic acids is 1. The Kier molecular flexibility index (Phi) is 4.57. The Balaban J connectivity index is 2.40. The zero-order chi connectivity index (χ0) is 16.1. The predicted molar refractivity (Wildman–Crippen MR) is 75.7 cm³/mol. The summed E-state index contributed by atoms with van der Waals surface area (Å²) >= 11 is 0. The van der Waals surface area contributed by atoms with E-state index in [2.05, 4.69) is 4.74 Å². The second-order valence-corrected chi connectivity index (χ2v) is 4.29. The molecule has 7 heteroatoms. The third kappa shape index (κ3) is 3.14. The molecule has 1 N–H and O–H groups in total. The highest BCUT2D eigenvalue weighted by Gasteiger charge is 2.19. The number of methoxy groups -OCH3 is 1. The molecule has 0 bridgehead atoms.